The van der Waals surface area contributed by atoms with Crippen molar-refractivity contribution in [3.8, 4) is 0 Å². The number of rotatable bonds is 11. The van der Waals surface area contributed by atoms with E-state index in [-0.39, 0.29) is 11.9 Å². The zero-order chi connectivity index (χ0) is 17.4. The highest BCUT2D eigenvalue weighted by Crippen LogP contribution is 2.30. The van der Waals surface area contributed by atoms with Crippen LogP contribution in [0.1, 0.15) is 61.8 Å². The normalized spacial score (nSPS) is 13.0. The van der Waals surface area contributed by atoms with Crippen LogP contribution < -0.4 is 0 Å². The smallest absolute Gasteiger partial charge is 0.340 e. The molecule has 0 saturated carbocycles. The highest BCUT2D eigenvalue weighted by Gasteiger charge is 2.40. The fourth-order valence-electron chi connectivity index (χ4n) is 2.20. The van der Waals surface area contributed by atoms with E-state index in [0.717, 1.165) is 12.5 Å². The number of carbonyl (C=O) groups excluding carboxylic acids is 1. The molecule has 0 aromatic carbocycles. The van der Waals surface area contributed by atoms with E-state index in [2.05, 4.69) is 13.8 Å². The van der Waals surface area contributed by atoms with Gasteiger partial charge in [-0.3, -0.25) is 4.79 Å². The highest BCUT2D eigenvalue weighted by atomic mass is 28.4. The van der Waals surface area contributed by atoms with E-state index in [1.165, 1.54) is 0 Å². The molecule has 0 N–H and O–H groups in total. The van der Waals surface area contributed by atoms with Crippen LogP contribution in [0.15, 0.2) is 0 Å². The summed E-state index contributed by atoms with van der Waals surface area (Å²) < 4.78 is 17.5. The lowest BCUT2D eigenvalue weighted by Crippen LogP contribution is -2.45. The predicted molar refractivity (Wildman–Crippen MR) is 93.1 cm³/mol. The molecule has 0 aromatic heterocycles. The van der Waals surface area contributed by atoms with Crippen molar-refractivity contribution >= 4 is 14.5 Å². The van der Waals surface area contributed by atoms with Gasteiger partial charge in [0, 0.05) is 13.2 Å². The molecule has 0 aromatic rings. The van der Waals surface area contributed by atoms with Gasteiger partial charge in [-0.15, -0.1) is 0 Å². The SMILES string of the molecule is CCO[Si](CCCOC(=O)C(C)(C)C(C)C)(OCC)C(C)C. The minimum Gasteiger partial charge on any atom is -0.465 e. The van der Waals surface area contributed by atoms with Gasteiger partial charge in [0.15, 0.2) is 0 Å². The summed E-state index contributed by atoms with van der Waals surface area (Å²) in [6.07, 6.45) is 0.796. The third-order valence-corrected chi connectivity index (χ3v) is 8.89. The summed E-state index contributed by atoms with van der Waals surface area (Å²) in [4.78, 5) is 12.1. The molecule has 5 heteroatoms. The lowest BCUT2D eigenvalue weighted by atomic mass is 9.81. The first-order valence-electron chi connectivity index (χ1n) is 8.59. The van der Waals surface area contributed by atoms with Crippen LogP contribution in [0.4, 0.5) is 0 Å². The van der Waals surface area contributed by atoms with Crippen LogP contribution in [0.2, 0.25) is 11.6 Å². The lowest BCUT2D eigenvalue weighted by molar-refractivity contribution is -0.156. The van der Waals surface area contributed by atoms with Crippen molar-refractivity contribution in [1.29, 1.82) is 0 Å². The van der Waals surface area contributed by atoms with Crippen molar-refractivity contribution in [2.75, 3.05) is 19.8 Å². The van der Waals surface area contributed by atoms with Gasteiger partial charge < -0.3 is 13.6 Å². The maximum Gasteiger partial charge on any atom is 0.340 e. The monoisotopic (exact) mass is 332 g/mol. The first-order valence-corrected chi connectivity index (χ1v) is 10.7. The minimum absolute atomic E-state index is 0.118. The Morgan fingerprint density at radius 2 is 1.55 bits per heavy atom. The molecule has 132 valence electrons. The molecule has 0 saturated heterocycles. The molecule has 0 fully saturated rings. The van der Waals surface area contributed by atoms with E-state index >= 15 is 0 Å². The van der Waals surface area contributed by atoms with Gasteiger partial charge in [0.05, 0.1) is 12.0 Å². The molecule has 0 aliphatic rings. The number of esters is 1. The van der Waals surface area contributed by atoms with Gasteiger partial charge in [0.25, 0.3) is 0 Å². The van der Waals surface area contributed by atoms with Crippen molar-refractivity contribution in [2.24, 2.45) is 11.3 Å². The average Bonchev–Trinajstić information content (AvgIpc) is 2.42. The fourth-order valence-corrected chi connectivity index (χ4v) is 5.43. The van der Waals surface area contributed by atoms with Gasteiger partial charge in [-0.05, 0) is 51.6 Å². The van der Waals surface area contributed by atoms with E-state index in [4.69, 9.17) is 13.6 Å². The van der Waals surface area contributed by atoms with Gasteiger partial charge >= 0.3 is 14.5 Å². The largest absolute Gasteiger partial charge is 0.465 e. The molecule has 0 atom stereocenters. The Labute approximate surface area is 138 Å². The van der Waals surface area contributed by atoms with Crippen LogP contribution in [0.25, 0.3) is 0 Å². The number of hydrogen-bond donors (Lipinski definition) is 0. The Kier molecular flexibility index (Phi) is 9.51. The number of ether oxygens (including phenoxy) is 1. The molecular formula is C17H36O4Si. The molecule has 0 aliphatic heterocycles. The van der Waals surface area contributed by atoms with E-state index in [1.54, 1.807) is 0 Å². The van der Waals surface area contributed by atoms with Crippen LogP contribution in [-0.4, -0.2) is 34.4 Å². The molecule has 0 radical (unpaired) electrons. The summed E-state index contributed by atoms with van der Waals surface area (Å²) in [5, 5.41) is 0. The zero-order valence-corrected chi connectivity index (χ0v) is 16.8. The third kappa shape index (κ3) is 6.01. The molecule has 0 heterocycles. The summed E-state index contributed by atoms with van der Waals surface area (Å²) in [5.74, 6) is 0.142. The first kappa shape index (κ1) is 21.6. The van der Waals surface area contributed by atoms with E-state index in [1.807, 2.05) is 41.5 Å². The van der Waals surface area contributed by atoms with Gasteiger partial charge in [-0.1, -0.05) is 27.7 Å². The molecule has 0 bridgehead atoms. The maximum absolute atomic E-state index is 12.1. The minimum atomic E-state index is -2.20. The van der Waals surface area contributed by atoms with Crippen LogP contribution in [0.5, 0.6) is 0 Å². The zero-order valence-electron chi connectivity index (χ0n) is 15.8. The van der Waals surface area contributed by atoms with Crippen molar-refractivity contribution in [3.05, 3.63) is 0 Å². The number of carbonyl (C=O) groups is 1. The molecule has 4 nitrogen and oxygen atoms in total. The first-order chi connectivity index (χ1) is 10.1. The van der Waals surface area contributed by atoms with Crippen LogP contribution in [-0.2, 0) is 18.4 Å². The number of hydrogen-bond acceptors (Lipinski definition) is 4. The van der Waals surface area contributed by atoms with Gasteiger partial charge in [-0.2, -0.15) is 0 Å². The molecule has 0 unspecified atom stereocenters. The highest BCUT2D eigenvalue weighted by molar-refractivity contribution is 6.68. The van der Waals surface area contributed by atoms with E-state index < -0.39 is 14.0 Å². The molecular weight excluding hydrogens is 296 g/mol. The van der Waals surface area contributed by atoms with Crippen LogP contribution in [0.3, 0.4) is 0 Å². The summed E-state index contributed by atoms with van der Waals surface area (Å²) >= 11 is 0. The van der Waals surface area contributed by atoms with Gasteiger partial charge in [-0.25, -0.2) is 0 Å². The van der Waals surface area contributed by atoms with Crippen LogP contribution >= 0.6 is 0 Å². The van der Waals surface area contributed by atoms with E-state index in [0.29, 0.717) is 25.4 Å². The van der Waals surface area contributed by atoms with Gasteiger partial charge in [0.2, 0.25) is 0 Å². The van der Waals surface area contributed by atoms with Crippen molar-refractivity contribution < 1.29 is 18.4 Å². The molecule has 0 rings (SSSR count). The maximum atomic E-state index is 12.1. The molecule has 0 aliphatic carbocycles. The Hall–Kier alpha value is -0.393. The standard InChI is InChI=1S/C17H36O4Si/c1-9-20-22(15(5)6,21-10-2)13-11-12-19-16(18)17(7,8)14(3)4/h14-15H,9-13H2,1-8H3. The second-order valence-electron chi connectivity index (χ2n) is 6.95. The Morgan fingerprint density at radius 3 is 1.91 bits per heavy atom. The van der Waals surface area contributed by atoms with Crippen molar-refractivity contribution in [1.82, 2.24) is 0 Å². The predicted octanol–water partition coefficient (Wildman–Crippen LogP) is 4.53. The Balaban J connectivity index is 4.49. The topological polar surface area (TPSA) is 44.8 Å². The quantitative estimate of drug-likeness (QED) is 0.317. The average molecular weight is 333 g/mol. The summed E-state index contributed by atoms with van der Waals surface area (Å²) in [6.45, 7) is 18.1. The van der Waals surface area contributed by atoms with Gasteiger partial charge in [0.1, 0.15) is 0 Å². The summed E-state index contributed by atoms with van der Waals surface area (Å²) in [5.41, 5.74) is -0.0536. The molecule has 0 amide bonds. The molecule has 22 heavy (non-hydrogen) atoms. The third-order valence-electron chi connectivity index (χ3n) is 4.53. The second kappa shape index (κ2) is 9.68. The van der Waals surface area contributed by atoms with Crippen molar-refractivity contribution in [2.45, 2.75) is 73.4 Å². The lowest BCUT2D eigenvalue weighted by Gasteiger charge is -2.33. The molecule has 0 spiro atoms. The Morgan fingerprint density at radius 1 is 1.05 bits per heavy atom. The summed E-state index contributed by atoms with van der Waals surface area (Å²) in [7, 11) is -2.20. The fraction of sp³-hybridized carbons (Fsp3) is 0.941. The Bertz CT molecular complexity index is 321. The second-order valence-corrected chi connectivity index (χ2v) is 10.8. The summed E-state index contributed by atoms with van der Waals surface area (Å²) in [6, 6.07) is 0.863. The van der Waals surface area contributed by atoms with Crippen molar-refractivity contribution in [3.63, 3.8) is 0 Å². The van der Waals surface area contributed by atoms with E-state index in [9.17, 15) is 4.79 Å². The van der Waals surface area contributed by atoms with Crippen LogP contribution in [0, 0.1) is 11.3 Å².